The van der Waals surface area contributed by atoms with Gasteiger partial charge in [0.25, 0.3) is 0 Å². The Morgan fingerprint density at radius 3 is 2.58 bits per heavy atom. The Morgan fingerprint density at radius 1 is 1.33 bits per heavy atom. The summed E-state index contributed by atoms with van der Waals surface area (Å²) in [6.45, 7) is 3.76. The third-order valence-corrected chi connectivity index (χ3v) is 6.85. The maximum absolute atomic E-state index is 12.2. The van der Waals surface area contributed by atoms with E-state index in [9.17, 15) is 13.2 Å². The zero-order valence-electron chi connectivity index (χ0n) is 13.7. The molecule has 1 amide bonds. The molecule has 0 aliphatic carbocycles. The van der Waals surface area contributed by atoms with Crippen LogP contribution in [0.25, 0.3) is 11.3 Å². The normalized spacial score (nSPS) is 22.4. The van der Waals surface area contributed by atoms with Gasteiger partial charge >= 0.3 is 0 Å². The minimum Gasteiger partial charge on any atom is -0.350 e. The average Bonchev–Trinajstić information content (AvgIpc) is 3.03. The molecule has 24 heavy (non-hydrogen) atoms. The Kier molecular flexibility index (Phi) is 4.48. The number of carbonyl (C=O) groups is 1. The fourth-order valence-corrected chi connectivity index (χ4v) is 5.68. The molecule has 0 spiro atoms. The van der Waals surface area contributed by atoms with E-state index in [2.05, 4.69) is 10.3 Å². The fourth-order valence-electron chi connectivity index (χ4n) is 2.96. The van der Waals surface area contributed by atoms with E-state index < -0.39 is 15.4 Å². The highest BCUT2D eigenvalue weighted by atomic mass is 32.2. The van der Waals surface area contributed by atoms with E-state index in [4.69, 9.17) is 0 Å². The van der Waals surface area contributed by atoms with Crippen LogP contribution in [0.3, 0.4) is 0 Å². The molecule has 3 rings (SSSR count). The van der Waals surface area contributed by atoms with Crippen molar-refractivity contribution in [2.24, 2.45) is 0 Å². The van der Waals surface area contributed by atoms with Gasteiger partial charge in [-0.2, -0.15) is 0 Å². The molecule has 2 heterocycles. The van der Waals surface area contributed by atoms with Gasteiger partial charge in [0.15, 0.2) is 9.84 Å². The molecule has 0 bridgehead atoms. The third-order valence-electron chi connectivity index (χ3n) is 4.18. The Balaban J connectivity index is 1.63. The molecule has 0 radical (unpaired) electrons. The van der Waals surface area contributed by atoms with Crippen molar-refractivity contribution in [1.82, 2.24) is 10.3 Å². The summed E-state index contributed by atoms with van der Waals surface area (Å²) in [5.41, 5.74) is 2.22. The summed E-state index contributed by atoms with van der Waals surface area (Å²) in [4.78, 5) is 16.7. The number of hydrogen-bond donors (Lipinski definition) is 1. The lowest BCUT2D eigenvalue weighted by molar-refractivity contribution is -0.121. The minimum absolute atomic E-state index is 0.0217. The van der Waals surface area contributed by atoms with Gasteiger partial charge in [-0.05, 0) is 25.8 Å². The van der Waals surface area contributed by atoms with Crippen LogP contribution in [0.2, 0.25) is 0 Å². The van der Waals surface area contributed by atoms with E-state index in [0.29, 0.717) is 6.42 Å². The number of aromatic nitrogens is 1. The first-order chi connectivity index (χ1) is 11.2. The predicted molar refractivity (Wildman–Crippen MR) is 95.8 cm³/mol. The Bertz CT molecular complexity index is 856. The summed E-state index contributed by atoms with van der Waals surface area (Å²) in [7, 11) is -3.03. The predicted octanol–water partition coefficient (Wildman–Crippen LogP) is 2.35. The maximum atomic E-state index is 12.2. The molecule has 1 fully saturated rings. The van der Waals surface area contributed by atoms with Crippen molar-refractivity contribution in [2.45, 2.75) is 32.2 Å². The molecule has 5 nitrogen and oxygen atoms in total. The van der Waals surface area contributed by atoms with Gasteiger partial charge in [0, 0.05) is 10.9 Å². The monoisotopic (exact) mass is 364 g/mol. The smallest absolute Gasteiger partial charge is 0.224 e. The maximum Gasteiger partial charge on any atom is 0.224 e. The highest BCUT2D eigenvalue weighted by Crippen LogP contribution is 2.24. The molecule has 7 heteroatoms. The molecule has 1 N–H and O–H groups in total. The van der Waals surface area contributed by atoms with Crippen LogP contribution in [-0.4, -0.2) is 36.4 Å². The number of thiazole rings is 1. The molecular formula is C17H20N2O3S2. The number of aryl methyl sites for hydroxylation is 1. The number of amides is 1. The van der Waals surface area contributed by atoms with E-state index in [1.807, 2.05) is 36.6 Å². The molecular weight excluding hydrogens is 344 g/mol. The first kappa shape index (κ1) is 17.1. The fraction of sp³-hybridized carbons (Fsp3) is 0.412. The molecule has 1 unspecified atom stereocenters. The second kappa shape index (κ2) is 6.29. The molecule has 1 aromatic carbocycles. The average molecular weight is 364 g/mol. The molecule has 1 saturated heterocycles. The summed E-state index contributed by atoms with van der Waals surface area (Å²) in [6.07, 6.45) is 0.717. The first-order valence-corrected chi connectivity index (χ1v) is 10.5. The van der Waals surface area contributed by atoms with Crippen molar-refractivity contribution >= 4 is 27.1 Å². The van der Waals surface area contributed by atoms with Crippen molar-refractivity contribution in [2.75, 3.05) is 11.5 Å². The lowest BCUT2D eigenvalue weighted by Gasteiger charge is -2.23. The molecule has 128 valence electrons. The molecule has 2 aromatic rings. The van der Waals surface area contributed by atoms with Crippen LogP contribution in [0.15, 0.2) is 29.6 Å². The van der Waals surface area contributed by atoms with Gasteiger partial charge in [0.05, 0.1) is 34.2 Å². The van der Waals surface area contributed by atoms with Crippen molar-refractivity contribution in [1.29, 1.82) is 0 Å². The van der Waals surface area contributed by atoms with Crippen LogP contribution in [0.1, 0.15) is 23.9 Å². The van der Waals surface area contributed by atoms with E-state index in [1.165, 1.54) is 0 Å². The van der Waals surface area contributed by atoms with E-state index in [1.54, 1.807) is 18.3 Å². The molecule has 0 saturated carbocycles. The van der Waals surface area contributed by atoms with E-state index >= 15 is 0 Å². The first-order valence-electron chi connectivity index (χ1n) is 7.78. The number of rotatable bonds is 4. The second-order valence-electron chi connectivity index (χ2n) is 6.58. The van der Waals surface area contributed by atoms with Crippen LogP contribution in [0, 0.1) is 6.92 Å². The largest absolute Gasteiger partial charge is 0.350 e. The molecule has 1 aromatic heterocycles. The van der Waals surface area contributed by atoms with Gasteiger partial charge in [-0.3, -0.25) is 4.79 Å². The summed E-state index contributed by atoms with van der Waals surface area (Å²) in [5.74, 6) is 0.0196. The van der Waals surface area contributed by atoms with Crippen LogP contribution < -0.4 is 5.32 Å². The van der Waals surface area contributed by atoms with Crippen LogP contribution in [0.5, 0.6) is 0 Å². The lowest BCUT2D eigenvalue weighted by atomic mass is 10.0. The van der Waals surface area contributed by atoms with Gasteiger partial charge in [0.1, 0.15) is 0 Å². The minimum atomic E-state index is -3.03. The molecule has 1 atom stereocenters. The quantitative estimate of drug-likeness (QED) is 0.903. The second-order valence-corrected chi connectivity index (χ2v) is 9.82. The number of nitrogens with one attached hydrogen (secondary N) is 1. The van der Waals surface area contributed by atoms with Crippen molar-refractivity contribution in [3.63, 3.8) is 0 Å². The van der Waals surface area contributed by atoms with Gasteiger partial charge in [-0.1, -0.05) is 24.3 Å². The van der Waals surface area contributed by atoms with Gasteiger partial charge < -0.3 is 5.32 Å². The number of benzene rings is 1. The topological polar surface area (TPSA) is 76.1 Å². The van der Waals surface area contributed by atoms with Gasteiger partial charge in [0.2, 0.25) is 5.91 Å². The lowest BCUT2D eigenvalue weighted by Crippen LogP contribution is -2.47. The number of nitrogens with zero attached hydrogens (tertiary/aromatic N) is 1. The molecule has 1 aliphatic heterocycles. The summed E-state index contributed by atoms with van der Waals surface area (Å²) in [5, 5.41) is 5.91. The number of hydrogen-bond acceptors (Lipinski definition) is 5. The van der Waals surface area contributed by atoms with E-state index in [-0.39, 0.29) is 23.8 Å². The Morgan fingerprint density at radius 2 is 2.04 bits per heavy atom. The van der Waals surface area contributed by atoms with E-state index in [0.717, 1.165) is 21.8 Å². The van der Waals surface area contributed by atoms with Crippen molar-refractivity contribution in [3.05, 3.63) is 40.2 Å². The highest BCUT2D eigenvalue weighted by Gasteiger charge is 2.39. The Hall–Kier alpha value is -1.73. The van der Waals surface area contributed by atoms with Gasteiger partial charge in [-0.15, -0.1) is 11.3 Å². The third kappa shape index (κ3) is 4.02. The van der Waals surface area contributed by atoms with Crippen molar-refractivity contribution < 1.29 is 13.2 Å². The van der Waals surface area contributed by atoms with Crippen LogP contribution in [0.4, 0.5) is 0 Å². The number of sulfone groups is 1. The molecule has 1 aliphatic rings. The summed E-state index contributed by atoms with van der Waals surface area (Å²) >= 11 is 1.61. The zero-order chi connectivity index (χ0) is 17.4. The zero-order valence-corrected chi connectivity index (χ0v) is 15.3. The summed E-state index contributed by atoms with van der Waals surface area (Å²) in [6, 6.07) is 7.74. The highest BCUT2D eigenvalue weighted by molar-refractivity contribution is 7.91. The number of carbonyl (C=O) groups excluding carboxylic acids is 1. The van der Waals surface area contributed by atoms with Crippen LogP contribution >= 0.6 is 11.3 Å². The standard InChI is InChI=1S/C17H20N2O3S2/c1-12-18-15(10-23-12)14-5-3-13(4-6-14)9-16(20)19-17(2)7-8-24(21,22)11-17/h3-6,10H,7-9,11H2,1-2H3,(H,19,20). The summed E-state index contributed by atoms with van der Waals surface area (Å²) < 4.78 is 23.2. The van der Waals surface area contributed by atoms with Gasteiger partial charge in [-0.25, -0.2) is 13.4 Å². The van der Waals surface area contributed by atoms with Crippen LogP contribution in [-0.2, 0) is 21.1 Å². The van der Waals surface area contributed by atoms with Crippen molar-refractivity contribution in [3.8, 4) is 11.3 Å². The Labute approximate surface area is 146 Å². The SMILES string of the molecule is Cc1nc(-c2ccc(CC(=O)NC3(C)CCS(=O)(=O)C3)cc2)cs1.